The Bertz CT molecular complexity index is 816. The van der Waals surface area contributed by atoms with Crippen LogP contribution in [-0.2, 0) is 11.3 Å². The molecule has 0 spiro atoms. The van der Waals surface area contributed by atoms with E-state index in [4.69, 9.17) is 10.8 Å². The highest BCUT2D eigenvalue weighted by molar-refractivity contribution is 6.00. The van der Waals surface area contributed by atoms with E-state index in [1.54, 1.807) is 23.4 Å². The number of aliphatic hydroxyl groups is 1. The van der Waals surface area contributed by atoms with Crippen molar-refractivity contribution in [3.05, 3.63) is 30.1 Å². The van der Waals surface area contributed by atoms with Gasteiger partial charge in [-0.15, -0.1) is 0 Å². The number of aliphatic hydroxyl groups excluding tert-OH is 1. The lowest BCUT2D eigenvalue weighted by molar-refractivity contribution is -0.125. The molecular weight excluding hydrogens is 334 g/mol. The number of aromatic nitrogens is 2. The second-order valence-corrected chi connectivity index (χ2v) is 7.00. The summed E-state index contributed by atoms with van der Waals surface area (Å²) in [7, 11) is 0. The molecule has 0 aliphatic carbocycles. The van der Waals surface area contributed by atoms with Gasteiger partial charge >= 0.3 is 0 Å². The van der Waals surface area contributed by atoms with Crippen LogP contribution in [0.4, 0.5) is 0 Å². The number of hydrogen-bond acceptors (Lipinski definition) is 5. The molecule has 1 aromatic carbocycles. The van der Waals surface area contributed by atoms with Crippen molar-refractivity contribution in [2.75, 3.05) is 13.2 Å². The van der Waals surface area contributed by atoms with E-state index in [9.17, 15) is 9.59 Å². The van der Waals surface area contributed by atoms with E-state index in [0.717, 1.165) is 5.52 Å². The number of nitrogens with two attached hydrogens (primary N) is 1. The molecule has 1 saturated heterocycles. The molecule has 140 valence electrons. The van der Waals surface area contributed by atoms with E-state index in [0.29, 0.717) is 30.6 Å². The molecule has 1 aromatic heterocycles. The molecule has 2 aromatic rings. The molecule has 2 amide bonds. The van der Waals surface area contributed by atoms with Gasteiger partial charge in [-0.2, -0.15) is 0 Å². The van der Waals surface area contributed by atoms with Gasteiger partial charge in [-0.1, -0.05) is 0 Å². The lowest BCUT2D eigenvalue weighted by atomic mass is 10.1. The smallest absolute Gasteiger partial charge is 0.254 e. The molecule has 4 N–H and O–H groups in total. The Labute approximate surface area is 152 Å². The zero-order valence-electron chi connectivity index (χ0n) is 15.1. The summed E-state index contributed by atoms with van der Waals surface area (Å²) in [4.78, 5) is 31.3. The van der Waals surface area contributed by atoms with Gasteiger partial charge in [0.2, 0.25) is 5.91 Å². The molecule has 3 rings (SSSR count). The van der Waals surface area contributed by atoms with Crippen LogP contribution in [0.15, 0.2) is 24.5 Å². The first kappa shape index (κ1) is 18.3. The number of rotatable bonds is 5. The minimum absolute atomic E-state index is 0.00289. The van der Waals surface area contributed by atoms with E-state index in [1.807, 2.05) is 24.5 Å². The largest absolute Gasteiger partial charge is 0.395 e. The maximum absolute atomic E-state index is 13.0. The number of carbonyl (C=O) groups is 2. The Morgan fingerprint density at radius 3 is 2.88 bits per heavy atom. The van der Waals surface area contributed by atoms with Crippen LogP contribution >= 0.6 is 0 Å². The number of nitrogens with one attached hydrogen (secondary N) is 1. The van der Waals surface area contributed by atoms with Crippen molar-refractivity contribution in [1.29, 1.82) is 0 Å². The average molecular weight is 359 g/mol. The fourth-order valence-electron chi connectivity index (χ4n) is 3.37. The number of benzene rings is 1. The molecule has 2 atom stereocenters. The van der Waals surface area contributed by atoms with Crippen molar-refractivity contribution in [3.63, 3.8) is 0 Å². The van der Waals surface area contributed by atoms with Gasteiger partial charge in [0.1, 0.15) is 6.04 Å². The SMILES string of the molecule is CC(C)NC(=O)[C@@H]1C[C@H](N)CN1C(=O)c1ccc2c(c1)ncn2CCO. The molecule has 0 radical (unpaired) electrons. The first-order valence-corrected chi connectivity index (χ1v) is 8.83. The molecule has 1 aliphatic rings. The molecule has 1 aliphatic heterocycles. The van der Waals surface area contributed by atoms with Crippen LogP contribution in [0.3, 0.4) is 0 Å². The number of carbonyl (C=O) groups excluding carboxylic acids is 2. The van der Waals surface area contributed by atoms with Crippen molar-refractivity contribution in [1.82, 2.24) is 19.8 Å². The third-order valence-electron chi connectivity index (χ3n) is 4.54. The first-order valence-electron chi connectivity index (χ1n) is 8.83. The number of fused-ring (bicyclic) bond motifs is 1. The van der Waals surface area contributed by atoms with Crippen molar-refractivity contribution in [3.8, 4) is 0 Å². The van der Waals surface area contributed by atoms with Crippen molar-refractivity contribution in [2.45, 2.75) is 44.9 Å². The summed E-state index contributed by atoms with van der Waals surface area (Å²) in [6.07, 6.45) is 2.09. The molecule has 8 nitrogen and oxygen atoms in total. The lowest BCUT2D eigenvalue weighted by Gasteiger charge is -2.24. The average Bonchev–Trinajstić information content (AvgIpc) is 3.17. The molecule has 0 bridgehead atoms. The molecule has 2 heterocycles. The Hall–Kier alpha value is -2.45. The van der Waals surface area contributed by atoms with Gasteiger partial charge in [0.15, 0.2) is 0 Å². The van der Waals surface area contributed by atoms with Gasteiger partial charge in [-0.25, -0.2) is 4.98 Å². The second kappa shape index (κ2) is 7.43. The Morgan fingerprint density at radius 2 is 2.19 bits per heavy atom. The van der Waals surface area contributed by atoms with Crippen LogP contribution in [0.25, 0.3) is 11.0 Å². The Kier molecular flexibility index (Phi) is 5.24. The minimum atomic E-state index is -0.553. The summed E-state index contributed by atoms with van der Waals surface area (Å²) in [6, 6.07) is 4.48. The summed E-state index contributed by atoms with van der Waals surface area (Å²) in [6.45, 7) is 4.59. The van der Waals surface area contributed by atoms with Gasteiger partial charge in [0, 0.05) is 30.7 Å². The zero-order chi connectivity index (χ0) is 18.8. The predicted molar refractivity (Wildman–Crippen MR) is 97.5 cm³/mol. The molecule has 8 heteroatoms. The minimum Gasteiger partial charge on any atom is -0.395 e. The maximum atomic E-state index is 13.0. The van der Waals surface area contributed by atoms with Crippen LogP contribution < -0.4 is 11.1 Å². The summed E-state index contributed by atoms with van der Waals surface area (Å²) in [5.41, 5.74) is 8.02. The number of nitrogens with zero attached hydrogens (tertiary/aromatic N) is 3. The highest BCUT2D eigenvalue weighted by atomic mass is 16.3. The van der Waals surface area contributed by atoms with E-state index >= 15 is 0 Å². The lowest BCUT2D eigenvalue weighted by Crippen LogP contribution is -2.47. The van der Waals surface area contributed by atoms with Crippen LogP contribution in [-0.4, -0.2) is 62.6 Å². The quantitative estimate of drug-likeness (QED) is 0.700. The third kappa shape index (κ3) is 3.56. The normalized spacial score (nSPS) is 20.1. The van der Waals surface area contributed by atoms with Crippen LogP contribution in [0.1, 0.15) is 30.6 Å². The van der Waals surface area contributed by atoms with Gasteiger partial charge in [-0.3, -0.25) is 9.59 Å². The Balaban J connectivity index is 1.85. The van der Waals surface area contributed by atoms with Crippen LogP contribution in [0, 0.1) is 0 Å². The fourth-order valence-corrected chi connectivity index (χ4v) is 3.37. The van der Waals surface area contributed by atoms with E-state index in [2.05, 4.69) is 10.3 Å². The van der Waals surface area contributed by atoms with Gasteiger partial charge in [0.05, 0.1) is 24.0 Å². The first-order chi connectivity index (χ1) is 12.4. The number of amides is 2. The fraction of sp³-hybridized carbons (Fsp3) is 0.500. The Morgan fingerprint density at radius 1 is 1.42 bits per heavy atom. The number of hydrogen-bond donors (Lipinski definition) is 3. The van der Waals surface area contributed by atoms with Crippen LogP contribution in [0.5, 0.6) is 0 Å². The molecular formula is C18H25N5O3. The van der Waals surface area contributed by atoms with E-state index in [1.165, 1.54) is 0 Å². The number of imidazole rings is 1. The topological polar surface area (TPSA) is 113 Å². The van der Waals surface area contributed by atoms with Gasteiger partial charge < -0.3 is 25.6 Å². The monoisotopic (exact) mass is 359 g/mol. The van der Waals surface area contributed by atoms with Crippen molar-refractivity contribution in [2.24, 2.45) is 5.73 Å². The molecule has 0 saturated carbocycles. The predicted octanol–water partition coefficient (Wildman–Crippen LogP) is 0.0950. The van der Waals surface area contributed by atoms with Crippen molar-refractivity contribution >= 4 is 22.8 Å². The summed E-state index contributed by atoms with van der Waals surface area (Å²) in [5.74, 6) is -0.393. The zero-order valence-corrected chi connectivity index (χ0v) is 15.1. The van der Waals surface area contributed by atoms with Crippen LogP contribution in [0.2, 0.25) is 0 Å². The summed E-state index contributed by atoms with van der Waals surface area (Å²) < 4.78 is 1.83. The second-order valence-electron chi connectivity index (χ2n) is 7.00. The summed E-state index contributed by atoms with van der Waals surface area (Å²) in [5, 5.41) is 12.0. The molecule has 26 heavy (non-hydrogen) atoms. The molecule has 1 fully saturated rings. The maximum Gasteiger partial charge on any atom is 0.254 e. The van der Waals surface area contributed by atoms with Gasteiger partial charge in [-0.05, 0) is 38.5 Å². The third-order valence-corrected chi connectivity index (χ3v) is 4.54. The number of likely N-dealkylation sites (tertiary alicyclic amines) is 1. The van der Waals surface area contributed by atoms with E-state index in [-0.39, 0.29) is 30.5 Å². The highest BCUT2D eigenvalue weighted by Crippen LogP contribution is 2.22. The highest BCUT2D eigenvalue weighted by Gasteiger charge is 2.38. The van der Waals surface area contributed by atoms with Crippen molar-refractivity contribution < 1.29 is 14.7 Å². The van der Waals surface area contributed by atoms with E-state index < -0.39 is 6.04 Å². The standard InChI is InChI=1S/C18H25N5O3/c1-11(2)21-17(25)16-8-13(19)9-23(16)18(26)12-3-4-15-14(7-12)20-10-22(15)5-6-24/h3-4,7,10-11,13,16,24H,5-6,8-9,19H2,1-2H3,(H,21,25)/t13-,16-/m0/s1. The summed E-state index contributed by atoms with van der Waals surface area (Å²) >= 11 is 0. The molecule has 0 unspecified atom stereocenters. The van der Waals surface area contributed by atoms with Gasteiger partial charge in [0.25, 0.3) is 5.91 Å².